The lowest BCUT2D eigenvalue weighted by atomic mass is 9.87. The Morgan fingerprint density at radius 2 is 2.04 bits per heavy atom. The number of aromatic nitrogens is 3. The van der Waals surface area contributed by atoms with Gasteiger partial charge in [-0.1, -0.05) is 26.3 Å². The molecular formula is C17H24N4O2S. The standard InChI is InChI=1S/C17H24N4O2S/c1-12(17(2,3)4)9-14-19-20-15(23-14)10-13-11-24-16(18-13)21-5-7-22-8-6-21/h9,11H,5-8,10H2,1-4H3. The van der Waals surface area contributed by atoms with Crippen LogP contribution in [0.25, 0.3) is 6.08 Å². The molecule has 7 heteroatoms. The molecule has 1 fully saturated rings. The van der Waals surface area contributed by atoms with Crippen LogP contribution in [-0.4, -0.2) is 41.5 Å². The predicted molar refractivity (Wildman–Crippen MR) is 95.4 cm³/mol. The number of anilines is 1. The van der Waals surface area contributed by atoms with Crippen molar-refractivity contribution in [3.8, 4) is 0 Å². The molecule has 0 aliphatic carbocycles. The van der Waals surface area contributed by atoms with Crippen LogP contribution < -0.4 is 4.90 Å². The topological polar surface area (TPSA) is 64.3 Å². The van der Waals surface area contributed by atoms with Crippen molar-refractivity contribution in [2.24, 2.45) is 5.41 Å². The van der Waals surface area contributed by atoms with Gasteiger partial charge in [0.1, 0.15) is 0 Å². The number of nitrogens with zero attached hydrogens (tertiary/aromatic N) is 4. The summed E-state index contributed by atoms with van der Waals surface area (Å²) in [7, 11) is 0. The Labute approximate surface area is 146 Å². The van der Waals surface area contributed by atoms with Gasteiger partial charge in [0, 0.05) is 24.5 Å². The van der Waals surface area contributed by atoms with Crippen LogP contribution in [0.5, 0.6) is 0 Å². The van der Waals surface area contributed by atoms with Crippen molar-refractivity contribution in [1.29, 1.82) is 0 Å². The van der Waals surface area contributed by atoms with Gasteiger partial charge in [0.15, 0.2) is 5.13 Å². The second kappa shape index (κ2) is 7.03. The van der Waals surface area contributed by atoms with Gasteiger partial charge in [-0.15, -0.1) is 21.5 Å². The van der Waals surface area contributed by atoms with Crippen LogP contribution in [0.4, 0.5) is 5.13 Å². The van der Waals surface area contributed by atoms with Gasteiger partial charge in [-0.05, 0) is 12.3 Å². The zero-order valence-corrected chi connectivity index (χ0v) is 15.5. The molecule has 1 saturated heterocycles. The van der Waals surface area contributed by atoms with Crippen molar-refractivity contribution in [1.82, 2.24) is 15.2 Å². The van der Waals surface area contributed by atoms with E-state index in [2.05, 4.69) is 53.2 Å². The Morgan fingerprint density at radius 1 is 1.29 bits per heavy atom. The van der Waals surface area contributed by atoms with E-state index in [0.29, 0.717) is 18.2 Å². The summed E-state index contributed by atoms with van der Waals surface area (Å²) in [6, 6.07) is 0. The first-order valence-corrected chi connectivity index (χ1v) is 9.08. The van der Waals surface area contributed by atoms with Crippen LogP contribution in [0.3, 0.4) is 0 Å². The Hall–Kier alpha value is -1.73. The van der Waals surface area contributed by atoms with E-state index in [1.807, 2.05) is 6.08 Å². The summed E-state index contributed by atoms with van der Waals surface area (Å²) in [6.07, 6.45) is 2.52. The first-order valence-electron chi connectivity index (χ1n) is 8.20. The van der Waals surface area contributed by atoms with Crippen molar-refractivity contribution in [2.45, 2.75) is 34.1 Å². The molecule has 3 heterocycles. The lowest BCUT2D eigenvalue weighted by molar-refractivity contribution is 0.122. The third kappa shape index (κ3) is 4.21. The summed E-state index contributed by atoms with van der Waals surface area (Å²) in [5.74, 6) is 1.16. The molecule has 0 radical (unpaired) electrons. The molecule has 3 rings (SSSR count). The number of hydrogen-bond donors (Lipinski definition) is 0. The third-order valence-electron chi connectivity index (χ3n) is 4.16. The monoisotopic (exact) mass is 348 g/mol. The van der Waals surface area contributed by atoms with Crippen molar-refractivity contribution in [2.75, 3.05) is 31.2 Å². The Morgan fingerprint density at radius 3 is 2.75 bits per heavy atom. The maximum absolute atomic E-state index is 5.74. The molecule has 0 spiro atoms. The molecule has 130 valence electrons. The van der Waals surface area contributed by atoms with E-state index in [4.69, 9.17) is 9.15 Å². The van der Waals surface area contributed by atoms with E-state index >= 15 is 0 Å². The van der Waals surface area contributed by atoms with Crippen molar-refractivity contribution in [3.63, 3.8) is 0 Å². The van der Waals surface area contributed by atoms with E-state index in [1.54, 1.807) is 11.3 Å². The van der Waals surface area contributed by atoms with Gasteiger partial charge in [-0.2, -0.15) is 0 Å². The Balaban J connectivity index is 1.66. The van der Waals surface area contributed by atoms with E-state index in [9.17, 15) is 0 Å². The fraction of sp³-hybridized carbons (Fsp3) is 0.588. The van der Waals surface area contributed by atoms with E-state index < -0.39 is 0 Å². The highest BCUT2D eigenvalue weighted by atomic mass is 32.1. The van der Waals surface area contributed by atoms with Gasteiger partial charge in [-0.3, -0.25) is 0 Å². The molecule has 1 aliphatic rings. The highest BCUT2D eigenvalue weighted by molar-refractivity contribution is 7.13. The molecule has 2 aromatic rings. The highest BCUT2D eigenvalue weighted by Crippen LogP contribution is 2.26. The molecule has 0 unspecified atom stereocenters. The summed E-state index contributed by atoms with van der Waals surface area (Å²) < 4.78 is 11.1. The molecule has 0 N–H and O–H groups in total. The maximum atomic E-state index is 5.74. The summed E-state index contributed by atoms with van der Waals surface area (Å²) >= 11 is 1.65. The number of allylic oxidation sites excluding steroid dienone is 1. The lowest BCUT2D eigenvalue weighted by Gasteiger charge is -2.25. The van der Waals surface area contributed by atoms with Crippen molar-refractivity contribution >= 4 is 22.5 Å². The smallest absolute Gasteiger partial charge is 0.240 e. The minimum absolute atomic E-state index is 0.0939. The van der Waals surface area contributed by atoms with Crippen LogP contribution in [0.1, 0.15) is 45.2 Å². The highest BCUT2D eigenvalue weighted by Gasteiger charge is 2.17. The van der Waals surface area contributed by atoms with Crippen LogP contribution >= 0.6 is 11.3 Å². The van der Waals surface area contributed by atoms with Gasteiger partial charge >= 0.3 is 0 Å². The second-order valence-electron chi connectivity index (χ2n) is 7.01. The van der Waals surface area contributed by atoms with Crippen LogP contribution in [-0.2, 0) is 11.2 Å². The average Bonchev–Trinajstić information content (AvgIpc) is 3.17. The van der Waals surface area contributed by atoms with Gasteiger partial charge in [0.25, 0.3) is 0 Å². The van der Waals surface area contributed by atoms with Crippen molar-refractivity contribution < 1.29 is 9.15 Å². The van der Waals surface area contributed by atoms with Crippen LogP contribution in [0.15, 0.2) is 15.4 Å². The SMILES string of the molecule is CC(=Cc1nnc(Cc2csc(N3CCOCC3)n2)o1)C(C)(C)C. The summed E-state index contributed by atoms with van der Waals surface area (Å²) in [6.45, 7) is 11.9. The summed E-state index contributed by atoms with van der Waals surface area (Å²) in [5, 5.41) is 11.4. The second-order valence-corrected chi connectivity index (χ2v) is 7.85. The van der Waals surface area contributed by atoms with E-state index in [0.717, 1.165) is 37.1 Å². The fourth-order valence-electron chi connectivity index (χ4n) is 2.23. The van der Waals surface area contributed by atoms with Gasteiger partial charge in [0.2, 0.25) is 11.8 Å². The molecule has 0 saturated carbocycles. The Kier molecular flexibility index (Phi) is 5.01. The molecule has 24 heavy (non-hydrogen) atoms. The maximum Gasteiger partial charge on any atom is 0.240 e. The third-order valence-corrected chi connectivity index (χ3v) is 5.11. The molecule has 6 nitrogen and oxygen atoms in total. The number of morpholine rings is 1. The normalized spacial score (nSPS) is 16.7. The minimum Gasteiger partial charge on any atom is -0.421 e. The van der Waals surface area contributed by atoms with Gasteiger partial charge < -0.3 is 14.1 Å². The van der Waals surface area contributed by atoms with Gasteiger partial charge in [-0.25, -0.2) is 4.98 Å². The molecule has 1 aliphatic heterocycles. The van der Waals surface area contributed by atoms with Gasteiger partial charge in [0.05, 0.1) is 25.3 Å². The van der Waals surface area contributed by atoms with E-state index in [1.165, 1.54) is 5.57 Å². The lowest BCUT2D eigenvalue weighted by Crippen LogP contribution is -2.36. The van der Waals surface area contributed by atoms with Crippen LogP contribution in [0, 0.1) is 5.41 Å². The van der Waals surface area contributed by atoms with E-state index in [-0.39, 0.29) is 5.41 Å². The fourth-order valence-corrected chi connectivity index (χ4v) is 3.11. The summed E-state index contributed by atoms with van der Waals surface area (Å²) in [5.41, 5.74) is 2.27. The van der Waals surface area contributed by atoms with Crippen LogP contribution in [0.2, 0.25) is 0 Å². The molecule has 2 aromatic heterocycles. The number of hydrogen-bond acceptors (Lipinski definition) is 7. The zero-order chi connectivity index (χ0) is 17.2. The summed E-state index contributed by atoms with van der Waals surface area (Å²) in [4.78, 5) is 6.94. The number of rotatable bonds is 4. The predicted octanol–water partition coefficient (Wildman–Crippen LogP) is 3.40. The Bertz CT molecular complexity index is 708. The molecule has 0 amide bonds. The molecule has 0 bridgehead atoms. The minimum atomic E-state index is 0.0939. The first-order chi connectivity index (χ1) is 11.4. The largest absolute Gasteiger partial charge is 0.421 e. The quantitative estimate of drug-likeness (QED) is 0.844. The number of thiazole rings is 1. The molecule has 0 aromatic carbocycles. The zero-order valence-electron chi connectivity index (χ0n) is 14.7. The molecule has 0 atom stereocenters. The number of ether oxygens (including phenoxy) is 1. The average molecular weight is 348 g/mol. The van der Waals surface area contributed by atoms with Crippen molar-refractivity contribution in [3.05, 3.63) is 28.4 Å². The first kappa shape index (κ1) is 17.1. The molecular weight excluding hydrogens is 324 g/mol.